The summed E-state index contributed by atoms with van der Waals surface area (Å²) in [4.78, 5) is 34.0. The zero-order valence-electron chi connectivity index (χ0n) is 11.7. The Balaban J connectivity index is 2.08. The maximum atomic E-state index is 12.1. The lowest BCUT2D eigenvalue weighted by Gasteiger charge is -2.14. The topological polar surface area (TPSA) is 83.5 Å². The van der Waals surface area contributed by atoms with Crippen molar-refractivity contribution in [2.75, 3.05) is 0 Å². The number of carboxylic acid groups (broad SMARTS) is 1. The van der Waals surface area contributed by atoms with Crippen LogP contribution in [0.2, 0.25) is 0 Å². The minimum atomic E-state index is -1.10. The van der Waals surface area contributed by atoms with Crippen LogP contribution < -0.4 is 5.32 Å². The van der Waals surface area contributed by atoms with Crippen molar-refractivity contribution in [2.24, 2.45) is 0 Å². The summed E-state index contributed by atoms with van der Waals surface area (Å²) in [5, 5.41) is 11.7. The van der Waals surface area contributed by atoms with Crippen LogP contribution in [-0.4, -0.2) is 29.3 Å². The SMILES string of the molecule is O=Cc1ccc(C(=O)N[C@@H](Cc2ccccc2)C(=O)O)cc1. The number of nitrogens with one attached hydrogen (secondary N) is 1. The van der Waals surface area contributed by atoms with Crippen LogP contribution in [0, 0.1) is 0 Å². The van der Waals surface area contributed by atoms with Gasteiger partial charge in [-0.15, -0.1) is 0 Å². The van der Waals surface area contributed by atoms with Gasteiger partial charge in [-0.2, -0.15) is 0 Å². The first-order valence-electron chi connectivity index (χ1n) is 6.73. The van der Waals surface area contributed by atoms with Gasteiger partial charge in [0, 0.05) is 17.5 Å². The molecule has 0 heterocycles. The van der Waals surface area contributed by atoms with E-state index in [0.29, 0.717) is 17.4 Å². The molecule has 2 aromatic rings. The van der Waals surface area contributed by atoms with Gasteiger partial charge >= 0.3 is 5.97 Å². The fourth-order valence-electron chi connectivity index (χ4n) is 2.00. The van der Waals surface area contributed by atoms with Crippen molar-refractivity contribution in [1.29, 1.82) is 0 Å². The largest absolute Gasteiger partial charge is 0.480 e. The molecule has 0 radical (unpaired) electrons. The second kappa shape index (κ2) is 7.17. The standard InChI is InChI=1S/C17H15NO4/c19-11-13-6-8-14(9-7-13)16(20)18-15(17(21)22)10-12-4-2-1-3-5-12/h1-9,11,15H,10H2,(H,18,20)(H,21,22)/t15-/m0/s1. The monoisotopic (exact) mass is 297 g/mol. The molecule has 2 N–H and O–H groups in total. The molecule has 5 heteroatoms. The fraction of sp³-hybridized carbons (Fsp3) is 0.118. The first-order valence-corrected chi connectivity index (χ1v) is 6.73. The zero-order chi connectivity index (χ0) is 15.9. The van der Waals surface area contributed by atoms with E-state index in [1.165, 1.54) is 24.3 Å². The van der Waals surface area contributed by atoms with Gasteiger partial charge in [0.2, 0.25) is 0 Å². The summed E-state index contributed by atoms with van der Waals surface area (Å²) >= 11 is 0. The predicted molar refractivity (Wildman–Crippen MR) is 80.9 cm³/mol. The highest BCUT2D eigenvalue weighted by atomic mass is 16.4. The van der Waals surface area contributed by atoms with Crippen LogP contribution in [0.4, 0.5) is 0 Å². The first-order chi connectivity index (χ1) is 10.6. The van der Waals surface area contributed by atoms with Crippen molar-refractivity contribution in [3.8, 4) is 0 Å². The summed E-state index contributed by atoms with van der Waals surface area (Å²) in [5.41, 5.74) is 1.59. The van der Waals surface area contributed by atoms with Crippen LogP contribution in [0.25, 0.3) is 0 Å². The number of aldehydes is 1. The lowest BCUT2D eigenvalue weighted by atomic mass is 10.1. The molecule has 0 saturated heterocycles. The average molecular weight is 297 g/mol. The van der Waals surface area contributed by atoms with E-state index < -0.39 is 17.9 Å². The van der Waals surface area contributed by atoms with Gasteiger partial charge in [0.1, 0.15) is 12.3 Å². The third-order valence-electron chi connectivity index (χ3n) is 3.20. The Morgan fingerprint density at radius 3 is 2.23 bits per heavy atom. The number of hydrogen-bond donors (Lipinski definition) is 2. The highest BCUT2D eigenvalue weighted by Gasteiger charge is 2.21. The molecule has 1 amide bonds. The molecule has 2 rings (SSSR count). The Morgan fingerprint density at radius 1 is 1.05 bits per heavy atom. The minimum Gasteiger partial charge on any atom is -0.480 e. The molecule has 0 aliphatic rings. The maximum absolute atomic E-state index is 12.1. The van der Waals surface area contributed by atoms with Crippen molar-refractivity contribution in [3.63, 3.8) is 0 Å². The zero-order valence-corrected chi connectivity index (χ0v) is 11.7. The number of benzene rings is 2. The number of aliphatic carboxylic acids is 1. The van der Waals surface area contributed by atoms with E-state index >= 15 is 0 Å². The Kier molecular flexibility index (Phi) is 5.03. The molecule has 22 heavy (non-hydrogen) atoms. The van der Waals surface area contributed by atoms with Crippen LogP contribution >= 0.6 is 0 Å². The summed E-state index contributed by atoms with van der Waals surface area (Å²) in [7, 11) is 0. The van der Waals surface area contributed by atoms with Crippen LogP contribution in [0.5, 0.6) is 0 Å². The van der Waals surface area contributed by atoms with Crippen molar-refractivity contribution < 1.29 is 19.5 Å². The van der Waals surface area contributed by atoms with Crippen LogP contribution in [-0.2, 0) is 11.2 Å². The summed E-state index contributed by atoms with van der Waals surface area (Å²) in [5.74, 6) is -1.58. The molecule has 5 nitrogen and oxygen atoms in total. The number of amides is 1. The van der Waals surface area contributed by atoms with Crippen LogP contribution in [0.15, 0.2) is 54.6 Å². The van der Waals surface area contributed by atoms with Crippen LogP contribution in [0.3, 0.4) is 0 Å². The molecule has 0 bridgehead atoms. The molecule has 0 unspecified atom stereocenters. The molecule has 0 fully saturated rings. The molecule has 0 spiro atoms. The van der Waals surface area contributed by atoms with Gasteiger partial charge in [0.05, 0.1) is 0 Å². The summed E-state index contributed by atoms with van der Waals surface area (Å²) in [6, 6.07) is 14.1. The number of carboxylic acids is 1. The summed E-state index contributed by atoms with van der Waals surface area (Å²) in [6.07, 6.45) is 0.880. The minimum absolute atomic E-state index is 0.203. The predicted octanol–water partition coefficient (Wildman–Crippen LogP) is 1.92. The normalized spacial score (nSPS) is 11.5. The van der Waals surface area contributed by atoms with Crippen molar-refractivity contribution in [2.45, 2.75) is 12.5 Å². The Hall–Kier alpha value is -2.95. The van der Waals surface area contributed by atoms with E-state index in [1.54, 1.807) is 12.1 Å². The van der Waals surface area contributed by atoms with E-state index in [9.17, 15) is 19.5 Å². The van der Waals surface area contributed by atoms with E-state index in [4.69, 9.17) is 0 Å². The average Bonchev–Trinajstić information content (AvgIpc) is 2.55. The second-order valence-corrected chi connectivity index (χ2v) is 4.79. The fourth-order valence-corrected chi connectivity index (χ4v) is 2.00. The van der Waals surface area contributed by atoms with E-state index in [0.717, 1.165) is 5.56 Å². The second-order valence-electron chi connectivity index (χ2n) is 4.79. The molecule has 0 aliphatic heterocycles. The molecule has 2 aromatic carbocycles. The van der Waals surface area contributed by atoms with E-state index in [1.807, 2.05) is 18.2 Å². The van der Waals surface area contributed by atoms with Gasteiger partial charge in [-0.3, -0.25) is 9.59 Å². The molecule has 0 aromatic heterocycles. The quantitative estimate of drug-likeness (QED) is 0.798. The van der Waals surface area contributed by atoms with Gasteiger partial charge in [-0.25, -0.2) is 4.79 Å². The van der Waals surface area contributed by atoms with Crippen LogP contribution in [0.1, 0.15) is 26.3 Å². The third kappa shape index (κ3) is 4.02. The van der Waals surface area contributed by atoms with E-state index in [-0.39, 0.29) is 6.42 Å². The van der Waals surface area contributed by atoms with Crippen molar-refractivity contribution >= 4 is 18.2 Å². The van der Waals surface area contributed by atoms with E-state index in [2.05, 4.69) is 5.32 Å². The van der Waals surface area contributed by atoms with Gasteiger partial charge in [0.25, 0.3) is 5.91 Å². The van der Waals surface area contributed by atoms with Gasteiger partial charge in [-0.05, 0) is 17.7 Å². The highest BCUT2D eigenvalue weighted by Crippen LogP contribution is 2.06. The lowest BCUT2D eigenvalue weighted by Crippen LogP contribution is -2.42. The van der Waals surface area contributed by atoms with Crippen molar-refractivity contribution in [1.82, 2.24) is 5.32 Å². The molecule has 1 atom stereocenters. The molecular weight excluding hydrogens is 282 g/mol. The number of carbonyl (C=O) groups is 3. The molecule has 0 saturated carbocycles. The number of rotatable bonds is 6. The molecular formula is C17H15NO4. The Morgan fingerprint density at radius 2 is 1.68 bits per heavy atom. The third-order valence-corrected chi connectivity index (χ3v) is 3.20. The van der Waals surface area contributed by atoms with Gasteiger partial charge in [-0.1, -0.05) is 42.5 Å². The van der Waals surface area contributed by atoms with Crippen molar-refractivity contribution in [3.05, 3.63) is 71.3 Å². The highest BCUT2D eigenvalue weighted by molar-refractivity contribution is 5.97. The van der Waals surface area contributed by atoms with Gasteiger partial charge < -0.3 is 10.4 Å². The lowest BCUT2D eigenvalue weighted by molar-refractivity contribution is -0.139. The summed E-state index contributed by atoms with van der Waals surface area (Å²) < 4.78 is 0. The Bertz CT molecular complexity index is 665. The number of hydrogen-bond acceptors (Lipinski definition) is 3. The smallest absolute Gasteiger partial charge is 0.326 e. The van der Waals surface area contributed by atoms with Gasteiger partial charge in [0.15, 0.2) is 0 Å². The molecule has 0 aliphatic carbocycles. The Labute approximate surface area is 127 Å². The maximum Gasteiger partial charge on any atom is 0.326 e. The number of carbonyl (C=O) groups excluding carboxylic acids is 2. The first kappa shape index (κ1) is 15.4. The summed E-state index contributed by atoms with van der Waals surface area (Å²) in [6.45, 7) is 0. The molecule has 112 valence electrons.